The summed E-state index contributed by atoms with van der Waals surface area (Å²) in [5, 5.41) is 10.8. The molecular weight excluding hydrogens is 200 g/mol. The Morgan fingerprint density at radius 1 is 1.44 bits per heavy atom. The normalized spacial score (nSPS) is 24.8. The first kappa shape index (κ1) is 11.7. The summed E-state index contributed by atoms with van der Waals surface area (Å²) in [6.07, 6.45) is 7.79. The molecule has 0 aromatic carbocycles. The Morgan fingerprint density at radius 2 is 2.19 bits per heavy atom. The molecule has 16 heavy (non-hydrogen) atoms. The van der Waals surface area contributed by atoms with Crippen molar-refractivity contribution >= 4 is 0 Å². The molecule has 2 nitrogen and oxygen atoms in total. The second kappa shape index (κ2) is 4.62. The van der Waals surface area contributed by atoms with E-state index < -0.39 is 5.60 Å². The SMILES string of the molecule is CCC(CC)CC1(O)CCCc2occc21. The second-order valence-electron chi connectivity index (χ2n) is 5.03. The molecule has 0 spiro atoms. The fraction of sp³-hybridized carbons (Fsp3) is 0.714. The van der Waals surface area contributed by atoms with Crippen molar-refractivity contribution in [3.05, 3.63) is 23.7 Å². The maximum atomic E-state index is 10.8. The number of hydrogen-bond acceptors (Lipinski definition) is 2. The van der Waals surface area contributed by atoms with Crippen molar-refractivity contribution in [3.8, 4) is 0 Å². The fourth-order valence-corrected chi connectivity index (χ4v) is 2.89. The Labute approximate surface area is 97.7 Å². The average molecular weight is 222 g/mol. The Kier molecular flexibility index (Phi) is 3.38. The van der Waals surface area contributed by atoms with Gasteiger partial charge in [0.2, 0.25) is 0 Å². The van der Waals surface area contributed by atoms with Crippen LogP contribution >= 0.6 is 0 Å². The molecule has 1 unspecified atom stereocenters. The van der Waals surface area contributed by atoms with Crippen LogP contribution in [0.5, 0.6) is 0 Å². The first-order valence-corrected chi connectivity index (χ1v) is 6.49. The van der Waals surface area contributed by atoms with Crippen LogP contribution in [-0.2, 0) is 12.0 Å². The van der Waals surface area contributed by atoms with Crippen molar-refractivity contribution in [1.29, 1.82) is 0 Å². The van der Waals surface area contributed by atoms with Gasteiger partial charge in [0.1, 0.15) is 5.76 Å². The molecule has 0 saturated heterocycles. The minimum Gasteiger partial charge on any atom is -0.469 e. The quantitative estimate of drug-likeness (QED) is 0.844. The molecule has 0 bridgehead atoms. The van der Waals surface area contributed by atoms with Crippen molar-refractivity contribution in [2.24, 2.45) is 5.92 Å². The number of aryl methyl sites for hydroxylation is 1. The van der Waals surface area contributed by atoms with Gasteiger partial charge in [0.25, 0.3) is 0 Å². The summed E-state index contributed by atoms with van der Waals surface area (Å²) in [7, 11) is 0. The van der Waals surface area contributed by atoms with E-state index in [0.29, 0.717) is 5.92 Å². The van der Waals surface area contributed by atoms with Gasteiger partial charge >= 0.3 is 0 Å². The molecule has 0 aliphatic heterocycles. The van der Waals surface area contributed by atoms with Crippen molar-refractivity contribution in [2.45, 2.75) is 58.0 Å². The van der Waals surface area contributed by atoms with E-state index in [0.717, 1.165) is 49.8 Å². The Morgan fingerprint density at radius 3 is 2.88 bits per heavy atom. The van der Waals surface area contributed by atoms with Gasteiger partial charge in [-0.05, 0) is 31.2 Å². The van der Waals surface area contributed by atoms with Crippen molar-refractivity contribution in [3.63, 3.8) is 0 Å². The number of furan rings is 1. The topological polar surface area (TPSA) is 33.4 Å². The van der Waals surface area contributed by atoms with E-state index >= 15 is 0 Å². The van der Waals surface area contributed by atoms with Crippen LogP contribution in [0.3, 0.4) is 0 Å². The molecule has 0 amide bonds. The van der Waals surface area contributed by atoms with Crippen LogP contribution in [0.2, 0.25) is 0 Å². The van der Waals surface area contributed by atoms with Gasteiger partial charge in [0.15, 0.2) is 0 Å². The third-order valence-corrected chi connectivity index (χ3v) is 4.02. The van der Waals surface area contributed by atoms with Crippen molar-refractivity contribution < 1.29 is 9.52 Å². The third-order valence-electron chi connectivity index (χ3n) is 4.02. The maximum absolute atomic E-state index is 10.8. The van der Waals surface area contributed by atoms with Crippen LogP contribution in [0.25, 0.3) is 0 Å². The second-order valence-corrected chi connectivity index (χ2v) is 5.03. The smallest absolute Gasteiger partial charge is 0.109 e. The zero-order chi connectivity index (χ0) is 11.6. The van der Waals surface area contributed by atoms with Crippen LogP contribution in [0.15, 0.2) is 16.7 Å². The lowest BCUT2D eigenvalue weighted by Crippen LogP contribution is -2.32. The van der Waals surface area contributed by atoms with Crippen molar-refractivity contribution in [2.75, 3.05) is 0 Å². The number of fused-ring (bicyclic) bond motifs is 1. The minimum absolute atomic E-state index is 0.617. The van der Waals surface area contributed by atoms with Gasteiger partial charge in [-0.1, -0.05) is 26.7 Å². The lowest BCUT2D eigenvalue weighted by Gasteiger charge is -2.34. The highest BCUT2D eigenvalue weighted by Gasteiger charge is 2.37. The van der Waals surface area contributed by atoms with E-state index in [1.807, 2.05) is 6.07 Å². The summed E-state index contributed by atoms with van der Waals surface area (Å²) >= 11 is 0. The van der Waals surface area contributed by atoms with Crippen LogP contribution in [-0.4, -0.2) is 5.11 Å². The van der Waals surface area contributed by atoms with Gasteiger partial charge < -0.3 is 9.52 Å². The van der Waals surface area contributed by atoms with Gasteiger partial charge in [-0.3, -0.25) is 0 Å². The fourth-order valence-electron chi connectivity index (χ4n) is 2.89. The molecule has 0 radical (unpaired) electrons. The van der Waals surface area contributed by atoms with E-state index in [1.54, 1.807) is 6.26 Å². The highest BCUT2D eigenvalue weighted by atomic mass is 16.3. The number of rotatable bonds is 4. The lowest BCUT2D eigenvalue weighted by molar-refractivity contribution is -0.00837. The van der Waals surface area contributed by atoms with Gasteiger partial charge in [-0.15, -0.1) is 0 Å². The third kappa shape index (κ3) is 2.03. The van der Waals surface area contributed by atoms with Crippen LogP contribution in [0.4, 0.5) is 0 Å². The Hall–Kier alpha value is -0.760. The van der Waals surface area contributed by atoms with Crippen molar-refractivity contribution in [1.82, 2.24) is 0 Å². The predicted octanol–water partition coefficient (Wildman–Crippen LogP) is 3.63. The zero-order valence-electron chi connectivity index (χ0n) is 10.3. The largest absolute Gasteiger partial charge is 0.469 e. The Bertz CT molecular complexity index is 338. The molecule has 2 heteroatoms. The number of aliphatic hydroxyl groups is 1. The molecule has 1 N–H and O–H groups in total. The summed E-state index contributed by atoms with van der Waals surface area (Å²) in [4.78, 5) is 0. The molecule has 1 aromatic heterocycles. The average Bonchev–Trinajstić information content (AvgIpc) is 2.76. The first-order valence-electron chi connectivity index (χ1n) is 6.49. The zero-order valence-corrected chi connectivity index (χ0v) is 10.3. The highest BCUT2D eigenvalue weighted by Crippen LogP contribution is 2.41. The first-order chi connectivity index (χ1) is 7.69. The highest BCUT2D eigenvalue weighted by molar-refractivity contribution is 5.27. The van der Waals surface area contributed by atoms with Crippen LogP contribution < -0.4 is 0 Å². The molecule has 1 aromatic rings. The standard InChI is InChI=1S/C14H22O2/c1-3-11(4-2)10-14(15)8-5-6-13-12(14)7-9-16-13/h7,9,11,15H,3-6,8,10H2,1-2H3. The summed E-state index contributed by atoms with van der Waals surface area (Å²) in [6.45, 7) is 4.41. The molecule has 1 aliphatic carbocycles. The summed E-state index contributed by atoms with van der Waals surface area (Å²) in [6, 6.07) is 1.96. The molecule has 0 fully saturated rings. The van der Waals surface area contributed by atoms with E-state index in [9.17, 15) is 5.11 Å². The molecule has 1 atom stereocenters. The monoisotopic (exact) mass is 222 g/mol. The van der Waals surface area contributed by atoms with Gasteiger partial charge in [0.05, 0.1) is 11.9 Å². The minimum atomic E-state index is -0.628. The number of hydrogen-bond donors (Lipinski definition) is 1. The van der Waals surface area contributed by atoms with Gasteiger partial charge in [-0.2, -0.15) is 0 Å². The molecule has 90 valence electrons. The molecule has 0 saturated carbocycles. The maximum Gasteiger partial charge on any atom is 0.109 e. The molecule has 1 aliphatic rings. The van der Waals surface area contributed by atoms with E-state index in [4.69, 9.17) is 4.42 Å². The molecule has 1 heterocycles. The molecular formula is C14H22O2. The van der Waals surface area contributed by atoms with E-state index in [1.165, 1.54) is 0 Å². The van der Waals surface area contributed by atoms with Gasteiger partial charge in [0, 0.05) is 12.0 Å². The van der Waals surface area contributed by atoms with E-state index in [2.05, 4.69) is 13.8 Å². The Balaban J connectivity index is 2.20. The van der Waals surface area contributed by atoms with Gasteiger partial charge in [-0.25, -0.2) is 0 Å². The van der Waals surface area contributed by atoms with Crippen LogP contribution in [0.1, 0.15) is 57.3 Å². The summed E-state index contributed by atoms with van der Waals surface area (Å²) in [5.74, 6) is 1.62. The predicted molar refractivity (Wildman–Crippen MR) is 64.2 cm³/mol. The van der Waals surface area contributed by atoms with E-state index in [-0.39, 0.29) is 0 Å². The van der Waals surface area contributed by atoms with Crippen LogP contribution in [0, 0.1) is 5.92 Å². The molecule has 2 rings (SSSR count). The summed E-state index contributed by atoms with van der Waals surface area (Å²) in [5.41, 5.74) is 0.419. The summed E-state index contributed by atoms with van der Waals surface area (Å²) < 4.78 is 5.44. The lowest BCUT2D eigenvalue weighted by atomic mass is 9.76.